The van der Waals surface area contributed by atoms with Crippen LogP contribution in [0.5, 0.6) is 11.5 Å². The van der Waals surface area contributed by atoms with E-state index in [0.29, 0.717) is 31.1 Å². The van der Waals surface area contributed by atoms with Crippen LogP contribution in [0.1, 0.15) is 23.1 Å². The Kier molecular flexibility index (Phi) is 7.10. The molecule has 0 aliphatic carbocycles. The minimum atomic E-state index is -0.0245. The predicted octanol–water partition coefficient (Wildman–Crippen LogP) is 2.81. The summed E-state index contributed by atoms with van der Waals surface area (Å²) in [4.78, 5) is 12.0. The number of para-hydroxylation sites is 2. The summed E-state index contributed by atoms with van der Waals surface area (Å²) >= 11 is 0. The molecule has 0 aromatic heterocycles. The summed E-state index contributed by atoms with van der Waals surface area (Å²) in [5.74, 6) is 1.30. The van der Waals surface area contributed by atoms with Crippen LogP contribution in [0.3, 0.4) is 0 Å². The van der Waals surface area contributed by atoms with Crippen molar-refractivity contribution in [1.82, 2.24) is 10.6 Å². The van der Waals surface area contributed by atoms with Gasteiger partial charge >= 0.3 is 0 Å². The van der Waals surface area contributed by atoms with Crippen LogP contribution in [-0.2, 0) is 24.4 Å². The molecule has 2 aromatic rings. The molecule has 0 atom stereocenters. The standard InChI is InChI=1S/C19H22N2O3.ClH/c1-23-17-4-2-3-5-18(17)24-9-8-19(22)21-11-14-6-7-15-12-20-13-16(15)10-14;/h2-7,10,20H,8-9,11-13H2,1H3,(H,21,22);1H. The Morgan fingerprint density at radius 3 is 2.68 bits per heavy atom. The van der Waals surface area contributed by atoms with E-state index in [-0.39, 0.29) is 18.3 Å². The molecular weight excluding hydrogens is 340 g/mol. The van der Waals surface area contributed by atoms with Crippen molar-refractivity contribution in [2.45, 2.75) is 26.1 Å². The molecule has 1 aliphatic heterocycles. The second kappa shape index (κ2) is 9.30. The predicted molar refractivity (Wildman–Crippen MR) is 99.2 cm³/mol. The van der Waals surface area contributed by atoms with E-state index >= 15 is 0 Å². The van der Waals surface area contributed by atoms with Crippen LogP contribution in [0.25, 0.3) is 0 Å². The average Bonchev–Trinajstić information content (AvgIpc) is 3.08. The maximum absolute atomic E-state index is 12.0. The number of carbonyl (C=O) groups excluding carboxylic acids is 1. The van der Waals surface area contributed by atoms with E-state index in [4.69, 9.17) is 9.47 Å². The maximum atomic E-state index is 12.0. The van der Waals surface area contributed by atoms with Gasteiger partial charge in [0, 0.05) is 19.6 Å². The van der Waals surface area contributed by atoms with Crippen LogP contribution in [0, 0.1) is 0 Å². The molecule has 1 amide bonds. The average molecular weight is 363 g/mol. The van der Waals surface area contributed by atoms with Crippen molar-refractivity contribution >= 4 is 18.3 Å². The summed E-state index contributed by atoms with van der Waals surface area (Å²) in [6.07, 6.45) is 0.310. The normalized spacial score (nSPS) is 12.0. The van der Waals surface area contributed by atoms with Gasteiger partial charge in [-0.25, -0.2) is 0 Å². The zero-order valence-corrected chi connectivity index (χ0v) is 15.0. The SMILES string of the molecule is COc1ccccc1OCCC(=O)NCc1ccc2c(c1)CNC2.Cl. The molecule has 0 bridgehead atoms. The molecule has 5 nitrogen and oxygen atoms in total. The molecule has 0 fully saturated rings. The molecule has 1 aliphatic rings. The highest BCUT2D eigenvalue weighted by molar-refractivity contribution is 5.85. The van der Waals surface area contributed by atoms with Gasteiger partial charge in [0.25, 0.3) is 0 Å². The maximum Gasteiger partial charge on any atom is 0.223 e. The Morgan fingerprint density at radius 2 is 1.88 bits per heavy atom. The Labute approximate surface area is 154 Å². The van der Waals surface area contributed by atoms with Gasteiger partial charge in [0.2, 0.25) is 5.91 Å². The van der Waals surface area contributed by atoms with Gasteiger partial charge in [0.1, 0.15) is 0 Å². The van der Waals surface area contributed by atoms with Crippen LogP contribution < -0.4 is 20.1 Å². The van der Waals surface area contributed by atoms with Gasteiger partial charge in [-0.1, -0.05) is 30.3 Å². The Morgan fingerprint density at radius 1 is 1.12 bits per heavy atom. The number of hydrogen-bond donors (Lipinski definition) is 2. The molecule has 0 saturated carbocycles. The highest BCUT2D eigenvalue weighted by atomic mass is 35.5. The van der Waals surface area contributed by atoms with Crippen molar-refractivity contribution in [3.05, 3.63) is 59.2 Å². The van der Waals surface area contributed by atoms with Crippen LogP contribution in [0.4, 0.5) is 0 Å². The molecule has 2 N–H and O–H groups in total. The Balaban J connectivity index is 0.00000225. The summed E-state index contributed by atoms with van der Waals surface area (Å²) in [6.45, 7) is 2.70. The number of nitrogens with one attached hydrogen (secondary N) is 2. The van der Waals surface area contributed by atoms with Crippen molar-refractivity contribution < 1.29 is 14.3 Å². The Bertz CT molecular complexity index is 722. The first-order valence-corrected chi connectivity index (χ1v) is 8.10. The van der Waals surface area contributed by atoms with Crippen LogP contribution >= 0.6 is 12.4 Å². The van der Waals surface area contributed by atoms with Crippen molar-refractivity contribution in [2.75, 3.05) is 13.7 Å². The third-order valence-electron chi connectivity index (χ3n) is 4.05. The second-order valence-electron chi connectivity index (χ2n) is 5.73. The lowest BCUT2D eigenvalue weighted by atomic mass is 10.1. The largest absolute Gasteiger partial charge is 0.493 e. The van der Waals surface area contributed by atoms with Gasteiger partial charge in [0.05, 0.1) is 20.1 Å². The zero-order chi connectivity index (χ0) is 16.8. The number of benzene rings is 2. The van der Waals surface area contributed by atoms with Gasteiger partial charge in [-0.15, -0.1) is 12.4 Å². The summed E-state index contributed by atoms with van der Waals surface area (Å²) < 4.78 is 10.8. The first kappa shape index (κ1) is 19.1. The molecule has 25 heavy (non-hydrogen) atoms. The Hall–Kier alpha value is -2.24. The number of halogens is 1. The van der Waals surface area contributed by atoms with E-state index in [0.717, 1.165) is 18.7 Å². The molecule has 134 valence electrons. The molecule has 3 rings (SSSR count). The van der Waals surface area contributed by atoms with E-state index in [1.54, 1.807) is 7.11 Å². The quantitative estimate of drug-likeness (QED) is 0.795. The number of amides is 1. The fraction of sp³-hybridized carbons (Fsp3) is 0.316. The molecular formula is C19H23ClN2O3. The zero-order valence-electron chi connectivity index (χ0n) is 14.2. The monoisotopic (exact) mass is 362 g/mol. The van der Waals surface area contributed by atoms with Crippen LogP contribution in [0.15, 0.2) is 42.5 Å². The first-order valence-electron chi connectivity index (χ1n) is 8.10. The number of ether oxygens (including phenoxy) is 2. The van der Waals surface area contributed by atoms with Crippen LogP contribution in [-0.4, -0.2) is 19.6 Å². The number of carbonyl (C=O) groups is 1. The van der Waals surface area contributed by atoms with Gasteiger partial charge in [-0.2, -0.15) is 0 Å². The molecule has 2 aromatic carbocycles. The summed E-state index contributed by atoms with van der Waals surface area (Å²) in [5.41, 5.74) is 3.79. The number of hydrogen-bond acceptors (Lipinski definition) is 4. The van der Waals surface area contributed by atoms with Crippen molar-refractivity contribution in [1.29, 1.82) is 0 Å². The fourth-order valence-corrected chi connectivity index (χ4v) is 2.74. The second-order valence-corrected chi connectivity index (χ2v) is 5.73. The topological polar surface area (TPSA) is 59.6 Å². The van der Waals surface area contributed by atoms with Gasteiger partial charge in [-0.3, -0.25) is 4.79 Å². The lowest BCUT2D eigenvalue weighted by Crippen LogP contribution is -2.24. The number of rotatable bonds is 7. The lowest BCUT2D eigenvalue weighted by Gasteiger charge is -2.10. The molecule has 6 heteroatoms. The minimum absolute atomic E-state index is 0. The minimum Gasteiger partial charge on any atom is -0.493 e. The third kappa shape index (κ3) is 5.11. The highest BCUT2D eigenvalue weighted by Gasteiger charge is 2.10. The van der Waals surface area contributed by atoms with E-state index in [1.807, 2.05) is 24.3 Å². The van der Waals surface area contributed by atoms with Crippen LogP contribution in [0.2, 0.25) is 0 Å². The summed E-state index contributed by atoms with van der Waals surface area (Å²) in [6, 6.07) is 13.8. The first-order chi connectivity index (χ1) is 11.8. The van der Waals surface area contributed by atoms with E-state index < -0.39 is 0 Å². The van der Waals surface area contributed by atoms with E-state index in [9.17, 15) is 4.79 Å². The number of methoxy groups -OCH3 is 1. The summed E-state index contributed by atoms with van der Waals surface area (Å²) in [5, 5.41) is 6.25. The van der Waals surface area contributed by atoms with E-state index in [2.05, 4.69) is 28.8 Å². The summed E-state index contributed by atoms with van der Waals surface area (Å²) in [7, 11) is 1.60. The molecule has 0 radical (unpaired) electrons. The lowest BCUT2D eigenvalue weighted by molar-refractivity contribution is -0.121. The van der Waals surface area contributed by atoms with Gasteiger partial charge in [-0.05, 0) is 28.8 Å². The molecule has 0 spiro atoms. The third-order valence-corrected chi connectivity index (χ3v) is 4.05. The number of fused-ring (bicyclic) bond motifs is 1. The van der Waals surface area contributed by atoms with Gasteiger partial charge in [0.15, 0.2) is 11.5 Å². The molecule has 0 saturated heterocycles. The molecule has 0 unspecified atom stereocenters. The fourth-order valence-electron chi connectivity index (χ4n) is 2.74. The van der Waals surface area contributed by atoms with Gasteiger partial charge < -0.3 is 20.1 Å². The smallest absolute Gasteiger partial charge is 0.223 e. The van der Waals surface area contributed by atoms with Crippen molar-refractivity contribution in [3.63, 3.8) is 0 Å². The van der Waals surface area contributed by atoms with E-state index in [1.165, 1.54) is 11.1 Å². The molecule has 1 heterocycles. The highest BCUT2D eigenvalue weighted by Crippen LogP contribution is 2.25. The van der Waals surface area contributed by atoms with Crippen molar-refractivity contribution in [2.24, 2.45) is 0 Å². The van der Waals surface area contributed by atoms with Crippen molar-refractivity contribution in [3.8, 4) is 11.5 Å².